The molecule has 0 saturated heterocycles. The van der Waals surface area contributed by atoms with E-state index in [4.69, 9.17) is 0 Å². The van der Waals surface area contributed by atoms with Gasteiger partial charge in [-0.15, -0.1) is 0 Å². The van der Waals surface area contributed by atoms with Crippen LogP contribution in [0.15, 0.2) is 23.2 Å². The second kappa shape index (κ2) is 6.34. The van der Waals surface area contributed by atoms with Crippen LogP contribution in [0.4, 0.5) is 5.82 Å². The van der Waals surface area contributed by atoms with Crippen LogP contribution in [0.2, 0.25) is 0 Å². The number of hydrogen-bond acceptors (Lipinski definition) is 4. The van der Waals surface area contributed by atoms with Gasteiger partial charge in [-0.2, -0.15) is 0 Å². The summed E-state index contributed by atoms with van der Waals surface area (Å²) in [5, 5.41) is 2.86. The molecule has 0 spiro atoms. The molecule has 0 aliphatic heterocycles. The van der Waals surface area contributed by atoms with Crippen LogP contribution in [0.5, 0.6) is 0 Å². The fraction of sp³-hybridized carbons (Fsp3) is 0.615. The summed E-state index contributed by atoms with van der Waals surface area (Å²) in [4.78, 5) is 4.25. The molecule has 1 saturated carbocycles. The van der Waals surface area contributed by atoms with Crippen LogP contribution in [-0.2, 0) is 10.0 Å². The standard InChI is InChI=1S/C13H21N3O2S/c1-14-13-8-7-12(10-15-13)19(17,18)16-9-11-5-3-2-4-6-11/h7-8,10-11,16H,2-6,9H2,1H3,(H,14,15). The molecule has 0 bridgehead atoms. The average molecular weight is 283 g/mol. The maximum absolute atomic E-state index is 12.1. The lowest BCUT2D eigenvalue weighted by atomic mass is 9.90. The van der Waals surface area contributed by atoms with Gasteiger partial charge in [0.2, 0.25) is 10.0 Å². The molecule has 0 aromatic carbocycles. The predicted molar refractivity (Wildman–Crippen MR) is 75.5 cm³/mol. The third kappa shape index (κ3) is 3.91. The minimum absolute atomic E-state index is 0.224. The van der Waals surface area contributed by atoms with Gasteiger partial charge in [0.15, 0.2) is 0 Å². The summed E-state index contributed by atoms with van der Waals surface area (Å²) in [5.74, 6) is 1.14. The first-order valence-electron chi connectivity index (χ1n) is 6.75. The molecule has 19 heavy (non-hydrogen) atoms. The van der Waals surface area contributed by atoms with Crippen LogP contribution in [0.1, 0.15) is 32.1 Å². The quantitative estimate of drug-likeness (QED) is 0.867. The minimum Gasteiger partial charge on any atom is -0.373 e. The Labute approximate surface area is 114 Å². The topological polar surface area (TPSA) is 71.1 Å². The maximum atomic E-state index is 12.1. The van der Waals surface area contributed by atoms with Crippen molar-refractivity contribution < 1.29 is 8.42 Å². The maximum Gasteiger partial charge on any atom is 0.242 e. The van der Waals surface area contributed by atoms with Crippen LogP contribution in [0, 0.1) is 5.92 Å². The van der Waals surface area contributed by atoms with Gasteiger partial charge in [-0.05, 0) is 30.9 Å². The molecular formula is C13H21N3O2S. The van der Waals surface area contributed by atoms with E-state index in [9.17, 15) is 8.42 Å². The van der Waals surface area contributed by atoms with Gasteiger partial charge in [0.25, 0.3) is 0 Å². The van der Waals surface area contributed by atoms with Gasteiger partial charge in [-0.1, -0.05) is 19.3 Å². The molecule has 1 aromatic rings. The van der Waals surface area contributed by atoms with E-state index in [1.807, 2.05) is 0 Å². The molecule has 1 aromatic heterocycles. The summed E-state index contributed by atoms with van der Waals surface area (Å²) >= 11 is 0. The fourth-order valence-electron chi connectivity index (χ4n) is 2.39. The summed E-state index contributed by atoms with van der Waals surface area (Å²) in [6.45, 7) is 0.538. The van der Waals surface area contributed by atoms with Crippen molar-refractivity contribution in [3.05, 3.63) is 18.3 Å². The summed E-state index contributed by atoms with van der Waals surface area (Å²) in [7, 11) is -1.68. The Morgan fingerprint density at radius 2 is 2.00 bits per heavy atom. The molecule has 1 aliphatic rings. The van der Waals surface area contributed by atoms with E-state index in [1.165, 1.54) is 25.5 Å². The zero-order valence-corrected chi connectivity index (χ0v) is 12.0. The summed E-state index contributed by atoms with van der Waals surface area (Å²) in [6.07, 6.45) is 7.34. The first-order valence-corrected chi connectivity index (χ1v) is 8.23. The second-order valence-electron chi connectivity index (χ2n) is 4.99. The van der Waals surface area contributed by atoms with Gasteiger partial charge in [0, 0.05) is 19.8 Å². The molecular weight excluding hydrogens is 262 g/mol. The highest BCUT2D eigenvalue weighted by Crippen LogP contribution is 2.23. The Hall–Kier alpha value is -1.14. The molecule has 0 radical (unpaired) electrons. The number of sulfonamides is 1. The number of nitrogens with one attached hydrogen (secondary N) is 2. The third-order valence-electron chi connectivity index (χ3n) is 3.59. The first-order chi connectivity index (χ1) is 9.12. The molecule has 0 amide bonds. The van der Waals surface area contributed by atoms with Crippen LogP contribution in [-0.4, -0.2) is 27.0 Å². The zero-order chi connectivity index (χ0) is 13.7. The van der Waals surface area contributed by atoms with Crippen LogP contribution in [0.3, 0.4) is 0 Å². The highest BCUT2D eigenvalue weighted by atomic mass is 32.2. The van der Waals surface area contributed by atoms with E-state index in [1.54, 1.807) is 19.2 Å². The molecule has 6 heteroatoms. The van der Waals surface area contributed by atoms with Crippen molar-refractivity contribution in [3.8, 4) is 0 Å². The molecule has 106 valence electrons. The Morgan fingerprint density at radius 3 is 2.58 bits per heavy atom. The van der Waals surface area contributed by atoms with Gasteiger partial charge in [-0.25, -0.2) is 18.1 Å². The Kier molecular flexibility index (Phi) is 4.76. The van der Waals surface area contributed by atoms with E-state index >= 15 is 0 Å². The molecule has 0 unspecified atom stereocenters. The van der Waals surface area contributed by atoms with Crippen molar-refractivity contribution in [1.29, 1.82) is 0 Å². The minimum atomic E-state index is -3.42. The monoisotopic (exact) mass is 283 g/mol. The Morgan fingerprint density at radius 1 is 1.26 bits per heavy atom. The number of pyridine rings is 1. The lowest BCUT2D eigenvalue weighted by molar-refractivity contribution is 0.357. The van der Waals surface area contributed by atoms with E-state index in [2.05, 4.69) is 15.0 Å². The van der Waals surface area contributed by atoms with Crippen LogP contribution < -0.4 is 10.0 Å². The fourth-order valence-corrected chi connectivity index (χ4v) is 3.45. The van der Waals surface area contributed by atoms with Gasteiger partial charge in [-0.3, -0.25) is 0 Å². The number of rotatable bonds is 5. The number of nitrogens with zero attached hydrogens (tertiary/aromatic N) is 1. The van der Waals surface area contributed by atoms with Crippen molar-refractivity contribution >= 4 is 15.8 Å². The smallest absolute Gasteiger partial charge is 0.242 e. The lowest BCUT2D eigenvalue weighted by Crippen LogP contribution is -2.30. The second-order valence-corrected chi connectivity index (χ2v) is 6.75. The van der Waals surface area contributed by atoms with Gasteiger partial charge >= 0.3 is 0 Å². The molecule has 1 heterocycles. The molecule has 2 rings (SSSR count). The highest BCUT2D eigenvalue weighted by Gasteiger charge is 2.18. The highest BCUT2D eigenvalue weighted by molar-refractivity contribution is 7.89. The molecule has 5 nitrogen and oxygen atoms in total. The predicted octanol–water partition coefficient (Wildman–Crippen LogP) is 1.98. The van der Waals surface area contributed by atoms with Gasteiger partial charge in [0.1, 0.15) is 10.7 Å². The largest absolute Gasteiger partial charge is 0.373 e. The van der Waals surface area contributed by atoms with E-state index < -0.39 is 10.0 Å². The number of hydrogen-bond donors (Lipinski definition) is 2. The molecule has 0 atom stereocenters. The van der Waals surface area contributed by atoms with Crippen molar-refractivity contribution in [2.24, 2.45) is 5.92 Å². The van der Waals surface area contributed by atoms with E-state index in [0.29, 0.717) is 18.3 Å². The third-order valence-corrected chi connectivity index (χ3v) is 5.00. The van der Waals surface area contributed by atoms with Crippen LogP contribution >= 0.6 is 0 Å². The van der Waals surface area contributed by atoms with Gasteiger partial charge in [0.05, 0.1) is 0 Å². The average Bonchev–Trinajstić information content (AvgIpc) is 2.46. The summed E-state index contributed by atoms with van der Waals surface area (Å²) in [5.41, 5.74) is 0. The Bertz CT molecular complexity index is 493. The zero-order valence-electron chi connectivity index (χ0n) is 11.2. The normalized spacial score (nSPS) is 17.3. The van der Waals surface area contributed by atoms with Crippen molar-refractivity contribution in [2.45, 2.75) is 37.0 Å². The SMILES string of the molecule is CNc1ccc(S(=O)(=O)NCC2CCCCC2)cn1. The van der Waals surface area contributed by atoms with E-state index in [-0.39, 0.29) is 4.90 Å². The van der Waals surface area contributed by atoms with Crippen molar-refractivity contribution in [3.63, 3.8) is 0 Å². The number of anilines is 1. The Balaban J connectivity index is 1.96. The van der Waals surface area contributed by atoms with Gasteiger partial charge < -0.3 is 5.32 Å². The van der Waals surface area contributed by atoms with Crippen molar-refractivity contribution in [1.82, 2.24) is 9.71 Å². The molecule has 2 N–H and O–H groups in total. The summed E-state index contributed by atoms with van der Waals surface area (Å²) < 4.78 is 26.9. The lowest BCUT2D eigenvalue weighted by Gasteiger charge is -2.21. The molecule has 1 aliphatic carbocycles. The number of aromatic nitrogens is 1. The van der Waals surface area contributed by atoms with Crippen molar-refractivity contribution in [2.75, 3.05) is 18.9 Å². The molecule has 1 fully saturated rings. The van der Waals surface area contributed by atoms with E-state index in [0.717, 1.165) is 12.8 Å². The van der Waals surface area contributed by atoms with Crippen LogP contribution in [0.25, 0.3) is 0 Å². The summed E-state index contributed by atoms with van der Waals surface area (Å²) in [6, 6.07) is 3.23. The first kappa shape index (κ1) is 14.3.